The minimum absolute atomic E-state index is 0. The van der Waals surface area contributed by atoms with Gasteiger partial charge in [0, 0.05) is 6.54 Å². The largest absolute Gasteiger partial charge is 1.00 e. The molecule has 1 saturated carbocycles. The van der Waals surface area contributed by atoms with Gasteiger partial charge in [-0.1, -0.05) is 12.5 Å². The van der Waals surface area contributed by atoms with Crippen molar-refractivity contribution in [1.82, 2.24) is 9.55 Å². The quantitative estimate of drug-likeness (QED) is 0.628. The third-order valence-corrected chi connectivity index (χ3v) is 3.58. The molecule has 0 radical (unpaired) electrons. The summed E-state index contributed by atoms with van der Waals surface area (Å²) in [5.74, 6) is -1.57. The van der Waals surface area contributed by atoms with Gasteiger partial charge in [0.2, 0.25) is 0 Å². The average molecular weight is 270 g/mol. The molecule has 1 aliphatic rings. The molecule has 4 nitrogen and oxygen atoms in total. The van der Waals surface area contributed by atoms with Crippen LogP contribution in [-0.2, 0) is 6.54 Å². The summed E-state index contributed by atoms with van der Waals surface area (Å²) in [7, 11) is 0. The molecule has 0 aliphatic heterocycles. The first kappa shape index (κ1) is 14.5. The minimum Gasteiger partial charge on any atom is -0.542 e. The monoisotopic (exact) mass is 270 g/mol. The summed E-state index contributed by atoms with van der Waals surface area (Å²) in [6, 6.07) is 4.54. The van der Waals surface area contributed by atoms with E-state index in [1.807, 2.05) is 0 Å². The molecule has 1 aromatic heterocycles. The van der Waals surface area contributed by atoms with E-state index in [-0.39, 0.29) is 40.9 Å². The molecule has 1 fully saturated rings. The fourth-order valence-corrected chi connectivity index (χ4v) is 2.39. The first-order valence-corrected chi connectivity index (χ1v) is 6.03. The Balaban J connectivity index is 0.00000133. The zero-order chi connectivity index (χ0) is 12.7. The predicted molar refractivity (Wildman–Crippen MR) is 61.4 cm³/mol. The molecule has 1 aromatic carbocycles. The Bertz CT molecular complexity index is 622. The van der Waals surface area contributed by atoms with Crippen LogP contribution in [0.2, 0.25) is 0 Å². The number of rotatable bonds is 3. The Morgan fingerprint density at radius 2 is 2.21 bits per heavy atom. The van der Waals surface area contributed by atoms with Gasteiger partial charge in [0.25, 0.3) is 0 Å². The molecule has 19 heavy (non-hydrogen) atoms. The Labute approximate surface area is 131 Å². The summed E-state index contributed by atoms with van der Waals surface area (Å²) < 4.78 is 15.2. The number of aromatic nitrogens is 2. The summed E-state index contributed by atoms with van der Waals surface area (Å²) in [5.41, 5.74) is 0.636. The van der Waals surface area contributed by atoms with Crippen LogP contribution in [0.1, 0.15) is 29.9 Å². The number of para-hydroxylation sites is 1. The maximum absolute atomic E-state index is 13.6. The molecule has 1 heterocycles. The Morgan fingerprint density at radius 3 is 2.79 bits per heavy atom. The number of aromatic carboxylic acids is 1. The summed E-state index contributed by atoms with van der Waals surface area (Å²) in [6.07, 6.45) is 3.34. The van der Waals surface area contributed by atoms with E-state index in [0.29, 0.717) is 18.0 Å². The first-order valence-electron chi connectivity index (χ1n) is 6.03. The van der Waals surface area contributed by atoms with Gasteiger partial charge < -0.3 is 14.5 Å². The topological polar surface area (TPSA) is 57.9 Å². The number of hydrogen-bond acceptors (Lipinski definition) is 3. The van der Waals surface area contributed by atoms with Crippen molar-refractivity contribution < 1.29 is 43.8 Å². The molecule has 94 valence electrons. The van der Waals surface area contributed by atoms with Gasteiger partial charge in [0.05, 0.1) is 5.52 Å². The van der Waals surface area contributed by atoms with Gasteiger partial charge in [-0.05, 0) is 30.9 Å². The Morgan fingerprint density at radius 1 is 1.47 bits per heavy atom. The average Bonchev–Trinajstić information content (AvgIpc) is 2.64. The molecule has 0 spiro atoms. The SMILES string of the molecule is O=C([O-])c1nc2c(F)cccc2n1CC1CCC1.[Na+]. The molecule has 1 aliphatic carbocycles. The third-order valence-electron chi connectivity index (χ3n) is 3.58. The number of carbonyl (C=O) groups excluding carboxylic acids is 1. The van der Waals surface area contributed by atoms with E-state index in [2.05, 4.69) is 4.98 Å². The van der Waals surface area contributed by atoms with Crippen molar-refractivity contribution in [3.8, 4) is 0 Å². The molecule has 0 atom stereocenters. The molecular weight excluding hydrogens is 258 g/mol. The van der Waals surface area contributed by atoms with E-state index in [4.69, 9.17) is 0 Å². The van der Waals surface area contributed by atoms with Crippen LogP contribution in [0.5, 0.6) is 0 Å². The molecule has 0 bridgehead atoms. The summed E-state index contributed by atoms with van der Waals surface area (Å²) in [6.45, 7) is 0.573. The summed E-state index contributed by atoms with van der Waals surface area (Å²) in [5, 5.41) is 11.1. The number of carbonyl (C=O) groups is 1. The van der Waals surface area contributed by atoms with Crippen LogP contribution in [0.25, 0.3) is 11.0 Å². The number of nitrogens with zero attached hydrogens (tertiary/aromatic N) is 2. The Kier molecular flexibility index (Phi) is 4.28. The van der Waals surface area contributed by atoms with Gasteiger partial charge in [-0.2, -0.15) is 0 Å². The van der Waals surface area contributed by atoms with Crippen molar-refractivity contribution in [3.05, 3.63) is 29.8 Å². The van der Waals surface area contributed by atoms with E-state index >= 15 is 0 Å². The standard InChI is InChI=1S/C13H13FN2O2.Na/c14-9-5-2-6-10-11(9)15-12(13(17)18)16(10)7-8-3-1-4-8;/h2,5-6,8H,1,3-4,7H2,(H,17,18);/q;+1/p-1. The van der Waals surface area contributed by atoms with Gasteiger partial charge in [-0.3, -0.25) is 0 Å². The normalized spacial score (nSPS) is 15.0. The van der Waals surface area contributed by atoms with E-state index in [1.54, 1.807) is 16.7 Å². The van der Waals surface area contributed by atoms with Crippen LogP contribution >= 0.6 is 0 Å². The molecular formula is C13H12FN2NaO2. The van der Waals surface area contributed by atoms with Crippen molar-refractivity contribution in [2.24, 2.45) is 5.92 Å². The molecule has 0 unspecified atom stereocenters. The molecule has 0 amide bonds. The number of halogens is 1. The number of carboxylic acids is 1. The van der Waals surface area contributed by atoms with Gasteiger partial charge in [0.15, 0.2) is 11.6 Å². The zero-order valence-electron chi connectivity index (χ0n) is 10.7. The van der Waals surface area contributed by atoms with E-state index < -0.39 is 11.8 Å². The fraction of sp³-hybridized carbons (Fsp3) is 0.385. The van der Waals surface area contributed by atoms with Crippen molar-refractivity contribution in [3.63, 3.8) is 0 Å². The van der Waals surface area contributed by atoms with Crippen molar-refractivity contribution in [1.29, 1.82) is 0 Å². The molecule has 2 aromatic rings. The summed E-state index contributed by atoms with van der Waals surface area (Å²) >= 11 is 0. The van der Waals surface area contributed by atoms with Crippen LogP contribution < -0.4 is 34.7 Å². The van der Waals surface area contributed by atoms with Gasteiger partial charge in [-0.25, -0.2) is 9.37 Å². The van der Waals surface area contributed by atoms with Crippen LogP contribution in [0.4, 0.5) is 4.39 Å². The van der Waals surface area contributed by atoms with Crippen molar-refractivity contribution in [2.45, 2.75) is 25.8 Å². The second-order valence-electron chi connectivity index (χ2n) is 4.74. The van der Waals surface area contributed by atoms with E-state index in [9.17, 15) is 14.3 Å². The van der Waals surface area contributed by atoms with Crippen LogP contribution in [0.3, 0.4) is 0 Å². The first-order chi connectivity index (χ1) is 8.66. The molecule has 0 N–H and O–H groups in total. The predicted octanol–water partition coefficient (Wildman–Crippen LogP) is -1.66. The van der Waals surface area contributed by atoms with Gasteiger partial charge in [-0.15, -0.1) is 0 Å². The second-order valence-corrected chi connectivity index (χ2v) is 4.74. The number of imidazole rings is 1. The van der Waals surface area contributed by atoms with Crippen LogP contribution in [0.15, 0.2) is 18.2 Å². The smallest absolute Gasteiger partial charge is 0.542 e. The van der Waals surface area contributed by atoms with Crippen LogP contribution in [0, 0.1) is 11.7 Å². The summed E-state index contributed by atoms with van der Waals surface area (Å²) in [4.78, 5) is 14.9. The molecule has 0 saturated heterocycles. The van der Waals surface area contributed by atoms with E-state index in [1.165, 1.54) is 12.5 Å². The van der Waals surface area contributed by atoms with Gasteiger partial charge in [0.1, 0.15) is 11.5 Å². The Hall–Kier alpha value is -0.910. The number of benzene rings is 1. The molecule has 3 rings (SSSR count). The van der Waals surface area contributed by atoms with Gasteiger partial charge >= 0.3 is 29.6 Å². The van der Waals surface area contributed by atoms with Crippen molar-refractivity contribution >= 4 is 17.0 Å². The zero-order valence-corrected chi connectivity index (χ0v) is 12.7. The number of hydrogen-bond donors (Lipinski definition) is 0. The maximum atomic E-state index is 13.6. The fourth-order valence-electron chi connectivity index (χ4n) is 2.39. The third kappa shape index (κ3) is 2.55. The maximum Gasteiger partial charge on any atom is 1.00 e. The minimum atomic E-state index is -1.36. The molecule has 6 heteroatoms. The van der Waals surface area contributed by atoms with Crippen LogP contribution in [-0.4, -0.2) is 15.5 Å². The number of carboxylic acid groups (broad SMARTS) is 1. The second kappa shape index (κ2) is 5.61. The van der Waals surface area contributed by atoms with Crippen molar-refractivity contribution in [2.75, 3.05) is 0 Å². The number of fused-ring (bicyclic) bond motifs is 1. The van der Waals surface area contributed by atoms with E-state index in [0.717, 1.165) is 12.8 Å².